The van der Waals surface area contributed by atoms with Crippen molar-refractivity contribution >= 4 is 22.4 Å². The van der Waals surface area contributed by atoms with Gasteiger partial charge in [0.25, 0.3) is 0 Å². The maximum Gasteiger partial charge on any atom is 0.417 e. The Kier molecular flexibility index (Phi) is 5.21. The number of halogens is 5. The molecule has 1 aliphatic heterocycles. The molecule has 1 aliphatic carbocycles. The summed E-state index contributed by atoms with van der Waals surface area (Å²) in [4.78, 5) is -0.903. The van der Waals surface area contributed by atoms with Crippen molar-refractivity contribution < 1.29 is 26.0 Å². The van der Waals surface area contributed by atoms with Crippen molar-refractivity contribution in [2.45, 2.75) is 30.0 Å². The van der Waals surface area contributed by atoms with Crippen molar-refractivity contribution in [3.05, 3.63) is 29.6 Å². The second-order valence-electron chi connectivity index (χ2n) is 6.13. The van der Waals surface area contributed by atoms with Crippen molar-refractivity contribution in [2.75, 3.05) is 13.1 Å². The average molecular weight is 389 g/mol. The van der Waals surface area contributed by atoms with E-state index in [0.717, 1.165) is 23.2 Å². The summed E-state index contributed by atoms with van der Waals surface area (Å²) in [6, 6.07) is 1.50. The number of hydrogen-bond acceptors (Lipinski definition) is 3. The van der Waals surface area contributed by atoms with Crippen molar-refractivity contribution in [1.29, 1.82) is 0 Å². The van der Waals surface area contributed by atoms with E-state index in [-0.39, 0.29) is 49.4 Å². The molecular formula is C14H17ClF4N2O2S. The summed E-state index contributed by atoms with van der Waals surface area (Å²) in [6.45, 7) is 0.276. The SMILES string of the molecule is Cl.NC1CCC2CN(S(=O)(=O)c3ccc(F)cc3C(F)(F)F)CC12. The van der Waals surface area contributed by atoms with E-state index in [1.165, 1.54) is 0 Å². The maximum absolute atomic E-state index is 13.2. The van der Waals surface area contributed by atoms with Crippen LogP contribution in [0, 0.1) is 17.7 Å². The zero-order valence-electron chi connectivity index (χ0n) is 12.5. The van der Waals surface area contributed by atoms with Crippen LogP contribution < -0.4 is 5.73 Å². The van der Waals surface area contributed by atoms with Gasteiger partial charge in [-0.2, -0.15) is 17.5 Å². The normalized spacial score (nSPS) is 27.8. The Morgan fingerprint density at radius 2 is 1.83 bits per heavy atom. The van der Waals surface area contributed by atoms with Gasteiger partial charge in [0, 0.05) is 19.1 Å². The molecule has 3 atom stereocenters. The van der Waals surface area contributed by atoms with Crippen LogP contribution in [0.2, 0.25) is 0 Å². The minimum Gasteiger partial charge on any atom is -0.327 e. The van der Waals surface area contributed by atoms with E-state index in [0.29, 0.717) is 6.07 Å². The van der Waals surface area contributed by atoms with E-state index in [1.54, 1.807) is 0 Å². The lowest BCUT2D eigenvalue weighted by Crippen LogP contribution is -2.34. The highest BCUT2D eigenvalue weighted by molar-refractivity contribution is 7.89. The summed E-state index contributed by atoms with van der Waals surface area (Å²) in [5.41, 5.74) is 4.46. The molecule has 3 unspecified atom stereocenters. The zero-order chi connectivity index (χ0) is 17.0. The van der Waals surface area contributed by atoms with Crippen molar-refractivity contribution in [3.63, 3.8) is 0 Å². The molecule has 0 radical (unpaired) electrons. The molecule has 136 valence electrons. The van der Waals surface area contributed by atoms with E-state index in [4.69, 9.17) is 5.73 Å². The molecule has 2 fully saturated rings. The van der Waals surface area contributed by atoms with Crippen molar-refractivity contribution in [1.82, 2.24) is 4.31 Å². The van der Waals surface area contributed by atoms with Gasteiger partial charge >= 0.3 is 6.18 Å². The lowest BCUT2D eigenvalue weighted by molar-refractivity contribution is -0.140. The topological polar surface area (TPSA) is 63.4 Å². The lowest BCUT2D eigenvalue weighted by atomic mass is 9.98. The molecule has 10 heteroatoms. The number of hydrogen-bond donors (Lipinski definition) is 1. The highest BCUT2D eigenvalue weighted by atomic mass is 35.5. The molecule has 0 bridgehead atoms. The Bertz CT molecular complexity index is 726. The lowest BCUT2D eigenvalue weighted by Gasteiger charge is -2.21. The molecular weight excluding hydrogens is 372 g/mol. The van der Waals surface area contributed by atoms with Crippen LogP contribution in [-0.2, 0) is 16.2 Å². The van der Waals surface area contributed by atoms with Gasteiger partial charge in [-0.1, -0.05) is 0 Å². The third kappa shape index (κ3) is 3.26. The monoisotopic (exact) mass is 388 g/mol. The molecule has 1 saturated carbocycles. The van der Waals surface area contributed by atoms with Crippen LogP contribution in [0.3, 0.4) is 0 Å². The van der Waals surface area contributed by atoms with Gasteiger partial charge in [-0.25, -0.2) is 12.8 Å². The van der Waals surface area contributed by atoms with Gasteiger partial charge in [-0.15, -0.1) is 12.4 Å². The first-order chi connectivity index (χ1) is 10.6. The van der Waals surface area contributed by atoms with Gasteiger partial charge in [0.05, 0.1) is 10.5 Å². The minimum atomic E-state index is -4.95. The van der Waals surface area contributed by atoms with E-state index in [1.807, 2.05) is 0 Å². The van der Waals surface area contributed by atoms with Crippen LogP contribution in [0.4, 0.5) is 17.6 Å². The van der Waals surface area contributed by atoms with E-state index >= 15 is 0 Å². The van der Waals surface area contributed by atoms with Gasteiger partial charge in [0.2, 0.25) is 10.0 Å². The van der Waals surface area contributed by atoms with Crippen LogP contribution >= 0.6 is 12.4 Å². The number of sulfonamides is 1. The number of rotatable bonds is 2. The highest BCUT2D eigenvalue weighted by Crippen LogP contribution is 2.41. The van der Waals surface area contributed by atoms with Gasteiger partial charge < -0.3 is 5.73 Å². The standard InChI is InChI=1S/C14H16F4N2O2S.ClH/c15-9-2-4-13(11(5-9)14(16,17)18)23(21,22)20-6-8-1-3-12(19)10(8)7-20;/h2,4-5,8,10,12H,1,3,6-7,19H2;1H. The zero-order valence-corrected chi connectivity index (χ0v) is 14.1. The Morgan fingerprint density at radius 3 is 2.42 bits per heavy atom. The minimum absolute atomic E-state index is 0. The molecule has 0 amide bonds. The van der Waals surface area contributed by atoms with Gasteiger partial charge in [0.1, 0.15) is 5.82 Å². The third-order valence-corrected chi connectivity index (χ3v) is 6.63. The van der Waals surface area contributed by atoms with E-state index < -0.39 is 32.5 Å². The largest absolute Gasteiger partial charge is 0.417 e. The molecule has 0 spiro atoms. The summed E-state index contributed by atoms with van der Waals surface area (Å²) in [5, 5.41) is 0. The first kappa shape index (κ1) is 19.4. The quantitative estimate of drug-likeness (QED) is 0.792. The van der Waals surface area contributed by atoms with E-state index in [2.05, 4.69) is 0 Å². The molecule has 2 aliphatic rings. The number of fused-ring (bicyclic) bond motifs is 1. The fourth-order valence-electron chi connectivity index (χ4n) is 3.55. The Hall–Kier alpha value is -0.900. The molecule has 3 rings (SSSR count). The Labute approximate surface area is 143 Å². The van der Waals surface area contributed by atoms with Crippen LogP contribution in [0.5, 0.6) is 0 Å². The number of benzene rings is 1. The Morgan fingerprint density at radius 1 is 1.17 bits per heavy atom. The summed E-state index contributed by atoms with van der Waals surface area (Å²) >= 11 is 0. The molecule has 1 saturated heterocycles. The predicted molar refractivity (Wildman–Crippen MR) is 81.6 cm³/mol. The van der Waals surface area contributed by atoms with Crippen LogP contribution in [0.25, 0.3) is 0 Å². The summed E-state index contributed by atoms with van der Waals surface area (Å²) < 4.78 is 78.6. The summed E-state index contributed by atoms with van der Waals surface area (Å²) in [6.07, 6.45) is -3.38. The van der Waals surface area contributed by atoms with Gasteiger partial charge in [-0.05, 0) is 42.9 Å². The number of nitrogens with two attached hydrogens (primary N) is 1. The number of nitrogens with zero attached hydrogens (tertiary/aromatic N) is 1. The molecule has 0 aromatic heterocycles. The van der Waals surface area contributed by atoms with Crippen molar-refractivity contribution in [2.24, 2.45) is 17.6 Å². The summed E-state index contributed by atoms with van der Waals surface area (Å²) in [5.74, 6) is -1.08. The molecule has 4 nitrogen and oxygen atoms in total. The first-order valence-corrected chi connectivity index (χ1v) is 8.67. The van der Waals surface area contributed by atoms with Crippen molar-refractivity contribution in [3.8, 4) is 0 Å². The predicted octanol–water partition coefficient (Wildman–Crippen LogP) is 2.62. The summed E-state index contributed by atoms with van der Waals surface area (Å²) in [7, 11) is -4.34. The smallest absolute Gasteiger partial charge is 0.327 e. The maximum atomic E-state index is 13.2. The fourth-order valence-corrected chi connectivity index (χ4v) is 5.28. The molecule has 1 heterocycles. The van der Waals surface area contributed by atoms with Crippen LogP contribution in [0.15, 0.2) is 23.1 Å². The Balaban J connectivity index is 0.00000208. The van der Waals surface area contributed by atoms with Gasteiger partial charge in [0.15, 0.2) is 0 Å². The third-order valence-electron chi connectivity index (χ3n) is 4.74. The van der Waals surface area contributed by atoms with Crippen LogP contribution in [-0.4, -0.2) is 31.9 Å². The van der Waals surface area contributed by atoms with Crippen LogP contribution in [0.1, 0.15) is 18.4 Å². The second kappa shape index (κ2) is 6.44. The average Bonchev–Trinajstić information content (AvgIpc) is 3.00. The molecule has 1 aromatic carbocycles. The second-order valence-corrected chi connectivity index (χ2v) is 8.03. The molecule has 1 aromatic rings. The number of alkyl halides is 3. The van der Waals surface area contributed by atoms with E-state index in [9.17, 15) is 26.0 Å². The molecule has 2 N–H and O–H groups in total. The van der Waals surface area contributed by atoms with Gasteiger partial charge in [-0.3, -0.25) is 0 Å². The first-order valence-electron chi connectivity index (χ1n) is 7.23. The fraction of sp³-hybridized carbons (Fsp3) is 0.571. The highest BCUT2D eigenvalue weighted by Gasteiger charge is 2.47. The molecule has 24 heavy (non-hydrogen) atoms.